The van der Waals surface area contributed by atoms with Gasteiger partial charge in [-0.25, -0.2) is 0 Å². The molecule has 0 fully saturated rings. The van der Waals surface area contributed by atoms with Crippen LogP contribution in [0.3, 0.4) is 0 Å². The minimum absolute atomic E-state index is 0. The van der Waals surface area contributed by atoms with Gasteiger partial charge in [0, 0.05) is 24.8 Å². The van der Waals surface area contributed by atoms with Crippen molar-refractivity contribution < 1.29 is 40.2 Å². The molecule has 0 radical (unpaired) electrons. The molecule has 0 unspecified atom stereocenters. The van der Waals surface area contributed by atoms with Crippen molar-refractivity contribution in [3.8, 4) is 34.2 Å². The van der Waals surface area contributed by atoms with E-state index in [0.717, 1.165) is 68.3 Å². The fraction of sp³-hybridized carbons (Fsp3) is 0.150. The van der Waals surface area contributed by atoms with E-state index in [1.54, 1.807) is 24.8 Å². The molecule has 0 aliphatic carbocycles. The molecule has 50 heavy (non-hydrogen) atoms. The Balaban J connectivity index is 0.000000230. The maximum Gasteiger partial charge on any atom is 3.00 e. The van der Waals surface area contributed by atoms with Gasteiger partial charge in [-0.1, -0.05) is 126 Å². The van der Waals surface area contributed by atoms with Gasteiger partial charge in [0.15, 0.2) is 0 Å². The van der Waals surface area contributed by atoms with E-state index < -0.39 is 0 Å². The molecule has 8 nitrogen and oxygen atoms in total. The molecule has 0 spiro atoms. The monoisotopic (exact) mass is 1020 g/mol. The predicted octanol–water partition coefficient (Wildman–Crippen LogP) is 7.81. The van der Waals surface area contributed by atoms with Crippen LogP contribution in [-0.2, 0) is 40.2 Å². The molecule has 0 amide bonds. The summed E-state index contributed by atoms with van der Waals surface area (Å²) in [6.45, 7) is 11.9. The molecule has 8 heterocycles. The van der Waals surface area contributed by atoms with Crippen LogP contribution in [0.15, 0.2) is 134 Å². The van der Waals surface area contributed by atoms with Crippen molar-refractivity contribution in [2.75, 3.05) is 0 Å². The molecule has 8 rings (SSSR count). The fourth-order valence-corrected chi connectivity index (χ4v) is 4.29. The molecule has 10 heteroatoms. The van der Waals surface area contributed by atoms with Gasteiger partial charge in [0.05, 0.1) is 0 Å². The number of pyridine rings is 2. The third kappa shape index (κ3) is 14.4. The average Bonchev–Trinajstić information content (AvgIpc) is 3.96. The summed E-state index contributed by atoms with van der Waals surface area (Å²) < 4.78 is 0. The number of nitrogens with zero attached hydrogens (tertiary/aromatic N) is 8. The quantitative estimate of drug-likeness (QED) is 0.177. The molecule has 258 valence electrons. The first-order valence-corrected chi connectivity index (χ1v) is 15.6. The van der Waals surface area contributed by atoms with Gasteiger partial charge in [0.25, 0.3) is 0 Å². The Bertz CT molecular complexity index is 1820. The molecule has 0 aliphatic rings. The van der Waals surface area contributed by atoms with Crippen LogP contribution in [0.1, 0.15) is 34.2 Å². The molecule has 0 aliphatic heterocycles. The Morgan fingerprint density at radius 3 is 0.660 bits per heavy atom. The molecule has 0 atom stereocenters. The summed E-state index contributed by atoms with van der Waals surface area (Å²) in [6.07, 6.45) is 7.00. The summed E-state index contributed by atoms with van der Waals surface area (Å²) in [5, 5.41) is 0. The fourth-order valence-electron chi connectivity index (χ4n) is 4.29. The van der Waals surface area contributed by atoms with Gasteiger partial charge in [0.2, 0.25) is 0 Å². The number of hydrogen-bond donors (Lipinski definition) is 0. The summed E-state index contributed by atoms with van der Waals surface area (Å²) >= 11 is 0. The van der Waals surface area contributed by atoms with Gasteiger partial charge in [0.1, 0.15) is 0 Å². The molecule has 0 aromatic carbocycles. The zero-order valence-corrected chi connectivity index (χ0v) is 33.7. The molecule has 8 aromatic heterocycles. The Hall–Kier alpha value is -4.72. The van der Waals surface area contributed by atoms with Crippen LogP contribution in [0, 0.1) is 41.5 Å². The van der Waals surface area contributed by atoms with Gasteiger partial charge in [-0.15, -0.1) is 0 Å². The molecule has 0 saturated heterocycles. The van der Waals surface area contributed by atoms with Crippen molar-refractivity contribution in [3.05, 3.63) is 168 Å². The third-order valence-corrected chi connectivity index (χ3v) is 6.60. The first kappa shape index (κ1) is 41.4. The smallest absolute Gasteiger partial charge is 0.665 e. The van der Waals surface area contributed by atoms with E-state index in [1.165, 1.54) is 0 Å². The normalized spacial score (nSPS) is 9.48. The number of rotatable bonds is 3. The largest absolute Gasteiger partial charge is 3.00 e. The van der Waals surface area contributed by atoms with E-state index >= 15 is 0 Å². The number of aromatic nitrogens is 8. The van der Waals surface area contributed by atoms with Crippen LogP contribution in [0.4, 0.5) is 0 Å². The first-order valence-electron chi connectivity index (χ1n) is 15.6. The van der Waals surface area contributed by atoms with E-state index in [9.17, 15) is 0 Å². The first-order chi connectivity index (χ1) is 23.3. The maximum atomic E-state index is 4.55. The van der Waals surface area contributed by atoms with Crippen molar-refractivity contribution in [1.82, 2.24) is 39.9 Å². The van der Waals surface area contributed by atoms with E-state index in [4.69, 9.17) is 0 Å². The second-order valence-corrected chi connectivity index (χ2v) is 10.9. The van der Waals surface area contributed by atoms with Gasteiger partial charge >= 0.3 is 40.2 Å². The second-order valence-electron chi connectivity index (χ2n) is 10.9. The molecule has 0 N–H and O–H groups in total. The summed E-state index contributed by atoms with van der Waals surface area (Å²) in [5.41, 5.74) is 12.0. The Labute approximate surface area is 322 Å². The van der Waals surface area contributed by atoms with Crippen molar-refractivity contribution in [2.24, 2.45) is 0 Å². The number of hydrogen-bond acceptors (Lipinski definition) is 2. The van der Waals surface area contributed by atoms with Crippen molar-refractivity contribution in [1.29, 1.82) is 0 Å². The van der Waals surface area contributed by atoms with Gasteiger partial charge in [-0.2, -0.15) is 68.3 Å². The standard InChI is InChI=1S/C14H12N3.C10H10N2.C6H8N.2C5H5N.2Ir/c1-9-3-5-11(15-9)13-7-8-14(17-13)12-6-4-10(2)16-12;1-7-3-5-9(11-7)10-6-4-8(2)12-10;1-5-3-4-6(2)7-5;2*1-2-4-6-5-3-1;;/h3-8H,1-2H3;3-6H,1-2H3;3-4H,1-2H3;2*1-5H;;/q-3;-2;-1;;;2*+3. The molecular formula is C40H40Ir2N8. The summed E-state index contributed by atoms with van der Waals surface area (Å²) in [7, 11) is 0. The molecular weight excluding hydrogens is 977 g/mol. The zero-order valence-electron chi connectivity index (χ0n) is 28.9. The molecule has 0 saturated carbocycles. The average molecular weight is 1020 g/mol. The van der Waals surface area contributed by atoms with E-state index in [2.05, 4.69) is 39.9 Å². The minimum atomic E-state index is 0. The summed E-state index contributed by atoms with van der Waals surface area (Å²) in [6, 6.07) is 35.4. The van der Waals surface area contributed by atoms with E-state index in [-0.39, 0.29) is 40.2 Å². The van der Waals surface area contributed by atoms with E-state index in [0.29, 0.717) is 0 Å². The van der Waals surface area contributed by atoms with Crippen molar-refractivity contribution >= 4 is 0 Å². The van der Waals surface area contributed by atoms with Crippen LogP contribution < -0.4 is 29.9 Å². The predicted molar refractivity (Wildman–Crippen MR) is 192 cm³/mol. The summed E-state index contributed by atoms with van der Waals surface area (Å²) in [4.78, 5) is 33.7. The Morgan fingerprint density at radius 1 is 0.280 bits per heavy atom. The van der Waals surface area contributed by atoms with Crippen LogP contribution >= 0.6 is 0 Å². The second kappa shape index (κ2) is 22.1. The maximum absolute atomic E-state index is 4.55. The number of aryl methyl sites for hydroxylation is 6. The summed E-state index contributed by atoms with van der Waals surface area (Å²) in [5.74, 6) is 0. The minimum Gasteiger partial charge on any atom is -0.665 e. The van der Waals surface area contributed by atoms with Gasteiger partial charge in [-0.05, 0) is 24.3 Å². The van der Waals surface area contributed by atoms with Gasteiger partial charge < -0.3 is 29.9 Å². The Morgan fingerprint density at radius 2 is 0.500 bits per heavy atom. The zero-order chi connectivity index (χ0) is 34.1. The Kier molecular flexibility index (Phi) is 18.3. The van der Waals surface area contributed by atoms with E-state index in [1.807, 2.05) is 151 Å². The SMILES string of the molecule is Cc1ccc(-c2ccc(-c3ccc(C)[n-]3)[n-]2)[n-]1.Cc1ccc(-c2ccc(C)[n-]2)[n-]1.Cc1ccc(C)[n-]1.[Ir+3].[Ir+3].c1ccncc1.c1ccncc1. The van der Waals surface area contributed by atoms with Crippen LogP contribution in [-0.4, -0.2) is 9.97 Å². The van der Waals surface area contributed by atoms with Crippen LogP contribution in [0.5, 0.6) is 0 Å². The topological polar surface area (TPSA) is 110 Å². The molecule has 0 bridgehead atoms. The molecule has 8 aromatic rings. The van der Waals surface area contributed by atoms with Crippen molar-refractivity contribution in [2.45, 2.75) is 41.5 Å². The van der Waals surface area contributed by atoms with Gasteiger partial charge in [-0.3, -0.25) is 9.97 Å². The third-order valence-electron chi connectivity index (χ3n) is 6.60. The van der Waals surface area contributed by atoms with Crippen LogP contribution in [0.2, 0.25) is 0 Å². The van der Waals surface area contributed by atoms with Crippen LogP contribution in [0.25, 0.3) is 34.2 Å². The van der Waals surface area contributed by atoms with Crippen molar-refractivity contribution in [3.63, 3.8) is 0 Å².